The predicted octanol–water partition coefficient (Wildman–Crippen LogP) is 0.974. The maximum Gasteiger partial charge on any atom is 0.274 e. The van der Waals surface area contributed by atoms with Crippen LogP contribution in [-0.4, -0.2) is 45.6 Å². The minimum absolute atomic E-state index is 0.142. The van der Waals surface area contributed by atoms with Gasteiger partial charge in [0.1, 0.15) is 10.8 Å². The normalized spacial score (nSPS) is 17.2. The highest BCUT2D eigenvalue weighted by molar-refractivity contribution is 6.29. The van der Waals surface area contributed by atoms with Crippen LogP contribution < -0.4 is 0 Å². The van der Waals surface area contributed by atoms with Crippen molar-refractivity contribution in [3.8, 4) is 0 Å². The lowest BCUT2D eigenvalue weighted by Gasteiger charge is -2.30. The van der Waals surface area contributed by atoms with Gasteiger partial charge in [-0.15, -0.1) is 0 Å². The number of piperidine rings is 1. The Hall–Kier alpha value is -1.20. The molecular formula is C11H14ClN3O2. The third kappa shape index (κ3) is 2.92. The average Bonchev–Trinajstić information content (AvgIpc) is 2.38. The largest absolute Gasteiger partial charge is 0.396 e. The molecule has 1 N–H and O–H groups in total. The Balaban J connectivity index is 2.02. The minimum Gasteiger partial charge on any atom is -0.396 e. The van der Waals surface area contributed by atoms with Crippen LogP contribution in [0.4, 0.5) is 0 Å². The molecule has 0 saturated carbocycles. The number of aromatic nitrogens is 2. The first-order valence-corrected chi connectivity index (χ1v) is 5.96. The van der Waals surface area contributed by atoms with Crippen molar-refractivity contribution in [1.82, 2.24) is 14.9 Å². The Labute approximate surface area is 104 Å². The number of carbonyl (C=O) groups excluding carboxylic acids is 1. The lowest BCUT2D eigenvalue weighted by atomic mass is 9.98. The number of nitrogens with zero attached hydrogens (tertiary/aromatic N) is 3. The van der Waals surface area contributed by atoms with Gasteiger partial charge >= 0.3 is 0 Å². The molecule has 0 spiro atoms. The fourth-order valence-electron chi connectivity index (χ4n) is 1.93. The molecule has 1 aliphatic heterocycles. The fourth-order valence-corrected chi connectivity index (χ4v) is 2.07. The lowest BCUT2D eigenvalue weighted by Crippen LogP contribution is -2.39. The zero-order chi connectivity index (χ0) is 12.3. The van der Waals surface area contributed by atoms with Gasteiger partial charge in [-0.1, -0.05) is 11.6 Å². The SMILES string of the molecule is O=C(c1cncc(Cl)n1)N1CCC(CO)CC1. The van der Waals surface area contributed by atoms with Crippen molar-refractivity contribution in [2.75, 3.05) is 19.7 Å². The second kappa shape index (κ2) is 5.42. The molecule has 1 fully saturated rings. The molecule has 0 aliphatic carbocycles. The van der Waals surface area contributed by atoms with Crippen molar-refractivity contribution in [3.05, 3.63) is 23.2 Å². The Morgan fingerprint density at radius 3 is 2.76 bits per heavy atom. The van der Waals surface area contributed by atoms with Gasteiger partial charge in [0.25, 0.3) is 5.91 Å². The molecule has 1 aromatic heterocycles. The highest BCUT2D eigenvalue weighted by Crippen LogP contribution is 2.18. The maximum absolute atomic E-state index is 12.0. The van der Waals surface area contributed by atoms with Crippen molar-refractivity contribution >= 4 is 17.5 Å². The van der Waals surface area contributed by atoms with Crippen LogP contribution in [0.5, 0.6) is 0 Å². The number of halogens is 1. The topological polar surface area (TPSA) is 66.3 Å². The molecular weight excluding hydrogens is 242 g/mol. The zero-order valence-corrected chi connectivity index (χ0v) is 10.1. The standard InChI is InChI=1S/C11H14ClN3O2/c12-10-6-13-5-9(14-10)11(17)15-3-1-8(7-16)2-4-15/h5-6,8,16H,1-4,7H2. The van der Waals surface area contributed by atoms with Crippen LogP contribution in [0.25, 0.3) is 0 Å². The van der Waals surface area contributed by atoms with E-state index in [1.807, 2.05) is 0 Å². The monoisotopic (exact) mass is 255 g/mol. The average molecular weight is 256 g/mol. The zero-order valence-electron chi connectivity index (χ0n) is 9.34. The van der Waals surface area contributed by atoms with Gasteiger partial charge in [-0.3, -0.25) is 9.78 Å². The summed E-state index contributed by atoms with van der Waals surface area (Å²) in [6.45, 7) is 1.50. The number of hydrogen-bond acceptors (Lipinski definition) is 4. The number of hydrogen-bond donors (Lipinski definition) is 1. The summed E-state index contributed by atoms with van der Waals surface area (Å²) in [6, 6.07) is 0. The molecule has 1 amide bonds. The van der Waals surface area contributed by atoms with E-state index in [2.05, 4.69) is 9.97 Å². The first-order chi connectivity index (χ1) is 8.20. The maximum atomic E-state index is 12.0. The quantitative estimate of drug-likeness (QED) is 0.855. The van der Waals surface area contributed by atoms with E-state index in [4.69, 9.17) is 16.7 Å². The Morgan fingerprint density at radius 2 is 2.18 bits per heavy atom. The molecule has 0 atom stereocenters. The second-order valence-electron chi connectivity index (χ2n) is 4.15. The number of carbonyl (C=O) groups is 1. The third-order valence-electron chi connectivity index (χ3n) is 2.98. The molecule has 17 heavy (non-hydrogen) atoms. The van der Waals surface area contributed by atoms with Crippen LogP contribution in [0.1, 0.15) is 23.3 Å². The van der Waals surface area contributed by atoms with Crippen molar-refractivity contribution < 1.29 is 9.90 Å². The van der Waals surface area contributed by atoms with E-state index in [-0.39, 0.29) is 23.4 Å². The van der Waals surface area contributed by atoms with Gasteiger partial charge in [0, 0.05) is 19.7 Å². The van der Waals surface area contributed by atoms with Gasteiger partial charge in [-0.25, -0.2) is 4.98 Å². The van der Waals surface area contributed by atoms with E-state index in [0.717, 1.165) is 12.8 Å². The molecule has 0 aromatic carbocycles. The summed E-state index contributed by atoms with van der Waals surface area (Å²) in [4.78, 5) is 21.6. The van der Waals surface area contributed by atoms with Gasteiger partial charge in [0.2, 0.25) is 0 Å². The predicted molar refractivity (Wildman–Crippen MR) is 62.8 cm³/mol. The van der Waals surface area contributed by atoms with E-state index < -0.39 is 0 Å². The Morgan fingerprint density at radius 1 is 1.47 bits per heavy atom. The minimum atomic E-state index is -0.142. The van der Waals surface area contributed by atoms with E-state index in [0.29, 0.717) is 19.0 Å². The van der Waals surface area contributed by atoms with Crippen LogP contribution in [0.2, 0.25) is 5.15 Å². The first kappa shape index (κ1) is 12.3. The smallest absolute Gasteiger partial charge is 0.274 e. The molecule has 6 heteroatoms. The molecule has 0 radical (unpaired) electrons. The van der Waals surface area contributed by atoms with Crippen LogP contribution in [0.3, 0.4) is 0 Å². The number of amides is 1. The van der Waals surface area contributed by atoms with Crippen molar-refractivity contribution in [1.29, 1.82) is 0 Å². The number of aliphatic hydroxyl groups excluding tert-OH is 1. The highest BCUT2D eigenvalue weighted by atomic mass is 35.5. The molecule has 5 nitrogen and oxygen atoms in total. The van der Waals surface area contributed by atoms with Crippen molar-refractivity contribution in [2.24, 2.45) is 5.92 Å². The van der Waals surface area contributed by atoms with Crippen molar-refractivity contribution in [3.63, 3.8) is 0 Å². The van der Waals surface area contributed by atoms with Crippen LogP contribution in [0.15, 0.2) is 12.4 Å². The summed E-state index contributed by atoms with van der Waals surface area (Å²) in [5.74, 6) is 0.167. The van der Waals surface area contributed by atoms with E-state index in [1.54, 1.807) is 4.90 Å². The van der Waals surface area contributed by atoms with Crippen LogP contribution in [0, 0.1) is 5.92 Å². The summed E-state index contributed by atoms with van der Waals surface area (Å²) in [7, 11) is 0. The number of aliphatic hydroxyl groups is 1. The molecule has 0 bridgehead atoms. The molecule has 2 heterocycles. The highest BCUT2D eigenvalue weighted by Gasteiger charge is 2.24. The fraction of sp³-hybridized carbons (Fsp3) is 0.545. The summed E-state index contributed by atoms with van der Waals surface area (Å²) >= 11 is 5.70. The molecule has 92 valence electrons. The third-order valence-corrected chi connectivity index (χ3v) is 3.17. The molecule has 1 saturated heterocycles. The van der Waals surface area contributed by atoms with E-state index in [1.165, 1.54) is 12.4 Å². The number of likely N-dealkylation sites (tertiary alicyclic amines) is 1. The van der Waals surface area contributed by atoms with Crippen LogP contribution in [-0.2, 0) is 0 Å². The summed E-state index contributed by atoms with van der Waals surface area (Å²) in [5.41, 5.74) is 0.278. The molecule has 1 aliphatic rings. The van der Waals surface area contributed by atoms with E-state index in [9.17, 15) is 4.79 Å². The van der Waals surface area contributed by atoms with Gasteiger partial charge in [0.05, 0.1) is 12.4 Å². The van der Waals surface area contributed by atoms with Crippen LogP contribution >= 0.6 is 11.6 Å². The number of rotatable bonds is 2. The van der Waals surface area contributed by atoms with Gasteiger partial charge in [0.15, 0.2) is 0 Å². The van der Waals surface area contributed by atoms with Gasteiger partial charge in [-0.2, -0.15) is 0 Å². The summed E-state index contributed by atoms with van der Waals surface area (Å²) in [5, 5.41) is 9.25. The van der Waals surface area contributed by atoms with Crippen molar-refractivity contribution in [2.45, 2.75) is 12.8 Å². The Kier molecular flexibility index (Phi) is 3.91. The molecule has 2 rings (SSSR count). The van der Waals surface area contributed by atoms with Gasteiger partial charge in [-0.05, 0) is 18.8 Å². The summed E-state index contributed by atoms with van der Waals surface area (Å²) < 4.78 is 0. The Bertz CT molecular complexity index is 405. The molecule has 1 aromatic rings. The summed E-state index contributed by atoms with van der Waals surface area (Å²) in [6.07, 6.45) is 4.48. The second-order valence-corrected chi connectivity index (χ2v) is 4.53. The molecule has 0 unspecified atom stereocenters. The van der Waals surface area contributed by atoms with E-state index >= 15 is 0 Å². The first-order valence-electron chi connectivity index (χ1n) is 5.58. The lowest BCUT2D eigenvalue weighted by molar-refractivity contribution is 0.0644. The van der Waals surface area contributed by atoms with Gasteiger partial charge < -0.3 is 10.0 Å².